The smallest absolute Gasteiger partial charge is 0.262 e. The third-order valence-electron chi connectivity index (χ3n) is 4.58. The van der Waals surface area contributed by atoms with E-state index in [4.69, 9.17) is 9.40 Å². The number of benzene rings is 2. The fourth-order valence-corrected chi connectivity index (χ4v) is 4.42. The molecule has 0 saturated heterocycles. The van der Waals surface area contributed by atoms with Gasteiger partial charge in [-0.25, -0.2) is 4.98 Å². The van der Waals surface area contributed by atoms with Crippen LogP contribution in [0.1, 0.15) is 24.8 Å². The number of rotatable bonds is 5. The first-order valence-electron chi connectivity index (χ1n) is 8.92. The van der Waals surface area contributed by atoms with E-state index in [0.717, 1.165) is 22.9 Å². The molecule has 0 N–H and O–H groups in total. The number of fused-ring (bicyclic) bond motifs is 1. The van der Waals surface area contributed by atoms with Crippen molar-refractivity contribution in [3.63, 3.8) is 0 Å². The largest absolute Gasteiger partial charge is 0.420 e. The zero-order valence-electron chi connectivity index (χ0n) is 14.7. The standard InChI is InChI=1S/C20H15BrN4O2S/c21-15-7-3-1-5-13(15)18-24-23-17(27-18)11-28-20-22-16-8-4-2-6-14(16)19(26)25(20)12-9-10-12/h1-8,12H,9-11H2. The van der Waals surface area contributed by atoms with Gasteiger partial charge in [0, 0.05) is 10.5 Å². The van der Waals surface area contributed by atoms with Crippen LogP contribution in [0.15, 0.2) is 67.4 Å². The van der Waals surface area contributed by atoms with Gasteiger partial charge in [-0.2, -0.15) is 0 Å². The summed E-state index contributed by atoms with van der Waals surface area (Å²) in [5, 5.41) is 9.66. The summed E-state index contributed by atoms with van der Waals surface area (Å²) in [5.74, 6) is 1.42. The molecule has 0 spiro atoms. The summed E-state index contributed by atoms with van der Waals surface area (Å²) in [6, 6.07) is 15.4. The molecule has 2 aromatic carbocycles. The third kappa shape index (κ3) is 3.27. The number of hydrogen-bond acceptors (Lipinski definition) is 6. The van der Waals surface area contributed by atoms with Crippen molar-refractivity contribution in [1.82, 2.24) is 19.7 Å². The molecule has 2 heterocycles. The molecule has 0 amide bonds. The Morgan fingerprint density at radius 2 is 1.89 bits per heavy atom. The molecule has 1 fully saturated rings. The van der Waals surface area contributed by atoms with Crippen LogP contribution in [-0.2, 0) is 5.75 Å². The molecule has 140 valence electrons. The lowest BCUT2D eigenvalue weighted by Gasteiger charge is -2.11. The minimum absolute atomic E-state index is 0.0232. The summed E-state index contributed by atoms with van der Waals surface area (Å²) in [6.07, 6.45) is 2.03. The monoisotopic (exact) mass is 454 g/mol. The number of hydrogen-bond donors (Lipinski definition) is 0. The molecule has 8 heteroatoms. The van der Waals surface area contributed by atoms with Crippen LogP contribution < -0.4 is 5.56 Å². The van der Waals surface area contributed by atoms with Crippen LogP contribution >= 0.6 is 27.7 Å². The van der Waals surface area contributed by atoms with Gasteiger partial charge in [-0.15, -0.1) is 10.2 Å². The van der Waals surface area contributed by atoms with E-state index in [1.165, 1.54) is 11.8 Å². The van der Waals surface area contributed by atoms with Gasteiger partial charge in [0.1, 0.15) is 0 Å². The van der Waals surface area contributed by atoms with Crippen LogP contribution in [0.2, 0.25) is 0 Å². The Morgan fingerprint density at radius 3 is 2.71 bits per heavy atom. The van der Waals surface area contributed by atoms with E-state index in [-0.39, 0.29) is 11.6 Å². The van der Waals surface area contributed by atoms with Crippen molar-refractivity contribution in [3.05, 3.63) is 69.2 Å². The third-order valence-corrected chi connectivity index (χ3v) is 6.21. The first kappa shape index (κ1) is 17.6. The molecular formula is C20H15BrN4O2S. The van der Waals surface area contributed by atoms with Crippen molar-refractivity contribution in [3.8, 4) is 11.5 Å². The highest BCUT2D eigenvalue weighted by Gasteiger charge is 2.28. The lowest BCUT2D eigenvalue weighted by Crippen LogP contribution is -2.22. The summed E-state index contributed by atoms with van der Waals surface area (Å²) in [7, 11) is 0. The molecule has 0 bridgehead atoms. The predicted molar refractivity (Wildman–Crippen MR) is 111 cm³/mol. The molecule has 6 nitrogen and oxygen atoms in total. The number of para-hydroxylation sites is 1. The first-order valence-corrected chi connectivity index (χ1v) is 10.7. The van der Waals surface area contributed by atoms with Crippen LogP contribution in [0.3, 0.4) is 0 Å². The molecule has 0 aliphatic heterocycles. The molecule has 4 aromatic rings. The lowest BCUT2D eigenvalue weighted by atomic mass is 10.2. The van der Waals surface area contributed by atoms with Gasteiger partial charge in [-0.3, -0.25) is 9.36 Å². The molecule has 1 aliphatic rings. The highest BCUT2D eigenvalue weighted by molar-refractivity contribution is 9.10. The summed E-state index contributed by atoms with van der Waals surface area (Å²) < 4.78 is 8.53. The molecule has 0 unspecified atom stereocenters. The number of aromatic nitrogens is 4. The maximum Gasteiger partial charge on any atom is 0.262 e. The second-order valence-electron chi connectivity index (χ2n) is 6.59. The van der Waals surface area contributed by atoms with Crippen LogP contribution in [-0.4, -0.2) is 19.7 Å². The van der Waals surface area contributed by atoms with E-state index < -0.39 is 0 Å². The SMILES string of the molecule is O=c1c2ccccc2nc(SCc2nnc(-c3ccccc3Br)o2)n1C1CC1. The van der Waals surface area contributed by atoms with Gasteiger partial charge < -0.3 is 4.42 Å². The maximum atomic E-state index is 12.9. The number of halogens is 1. The summed E-state index contributed by atoms with van der Waals surface area (Å²) >= 11 is 4.95. The van der Waals surface area contributed by atoms with Gasteiger partial charge in [0.25, 0.3) is 5.56 Å². The van der Waals surface area contributed by atoms with Gasteiger partial charge >= 0.3 is 0 Å². The molecule has 2 aromatic heterocycles. The van der Waals surface area contributed by atoms with E-state index in [0.29, 0.717) is 33.6 Å². The fourth-order valence-electron chi connectivity index (χ4n) is 3.06. The Bertz CT molecular complexity index is 1230. The Kier molecular flexibility index (Phi) is 4.52. The second kappa shape index (κ2) is 7.18. The summed E-state index contributed by atoms with van der Waals surface area (Å²) in [4.78, 5) is 17.6. The molecular weight excluding hydrogens is 440 g/mol. The van der Waals surface area contributed by atoms with Crippen LogP contribution in [0.25, 0.3) is 22.4 Å². The highest BCUT2D eigenvalue weighted by atomic mass is 79.9. The Balaban J connectivity index is 1.45. The molecule has 0 atom stereocenters. The second-order valence-corrected chi connectivity index (χ2v) is 8.38. The van der Waals surface area contributed by atoms with Gasteiger partial charge in [0.2, 0.25) is 11.8 Å². The Labute approximate surface area is 173 Å². The van der Waals surface area contributed by atoms with Crippen LogP contribution in [0.4, 0.5) is 0 Å². The fraction of sp³-hybridized carbons (Fsp3) is 0.200. The van der Waals surface area contributed by atoms with E-state index in [1.54, 1.807) is 0 Å². The Hall–Kier alpha value is -2.45. The number of thioether (sulfide) groups is 1. The topological polar surface area (TPSA) is 73.8 Å². The van der Waals surface area contributed by atoms with Crippen molar-refractivity contribution in [2.75, 3.05) is 0 Å². The molecule has 1 aliphatic carbocycles. The van der Waals surface area contributed by atoms with E-state index in [1.807, 2.05) is 53.1 Å². The molecule has 0 radical (unpaired) electrons. The van der Waals surface area contributed by atoms with E-state index in [2.05, 4.69) is 26.1 Å². The van der Waals surface area contributed by atoms with Crippen molar-refractivity contribution in [1.29, 1.82) is 0 Å². The summed E-state index contributed by atoms with van der Waals surface area (Å²) in [5.41, 5.74) is 1.59. The average molecular weight is 455 g/mol. The molecule has 28 heavy (non-hydrogen) atoms. The predicted octanol–water partition coefficient (Wildman–Crippen LogP) is 4.84. The highest BCUT2D eigenvalue weighted by Crippen LogP contribution is 2.37. The van der Waals surface area contributed by atoms with Crippen molar-refractivity contribution < 1.29 is 4.42 Å². The quantitative estimate of drug-likeness (QED) is 0.317. The minimum atomic E-state index is 0.0232. The van der Waals surface area contributed by atoms with Gasteiger partial charge in [0.05, 0.1) is 22.2 Å². The Morgan fingerprint density at radius 1 is 1.11 bits per heavy atom. The molecule has 1 saturated carbocycles. The lowest BCUT2D eigenvalue weighted by molar-refractivity contribution is 0.527. The average Bonchev–Trinajstić information content (AvgIpc) is 3.44. The zero-order chi connectivity index (χ0) is 19.1. The maximum absolute atomic E-state index is 12.9. The van der Waals surface area contributed by atoms with E-state index >= 15 is 0 Å². The zero-order valence-corrected chi connectivity index (χ0v) is 17.1. The van der Waals surface area contributed by atoms with Gasteiger partial charge in [-0.05, 0) is 53.0 Å². The molecule has 5 rings (SSSR count). The van der Waals surface area contributed by atoms with E-state index in [9.17, 15) is 4.79 Å². The van der Waals surface area contributed by atoms with Gasteiger partial charge in [-0.1, -0.05) is 36.0 Å². The van der Waals surface area contributed by atoms with Crippen LogP contribution in [0.5, 0.6) is 0 Å². The van der Waals surface area contributed by atoms with Gasteiger partial charge in [0.15, 0.2) is 5.16 Å². The normalized spacial score (nSPS) is 13.9. The minimum Gasteiger partial charge on any atom is -0.420 e. The van der Waals surface area contributed by atoms with Crippen LogP contribution in [0, 0.1) is 0 Å². The van der Waals surface area contributed by atoms with Crippen molar-refractivity contribution >= 4 is 38.6 Å². The van der Waals surface area contributed by atoms with Crippen molar-refractivity contribution in [2.24, 2.45) is 0 Å². The van der Waals surface area contributed by atoms with Crippen molar-refractivity contribution in [2.45, 2.75) is 29.8 Å². The summed E-state index contributed by atoms with van der Waals surface area (Å²) in [6.45, 7) is 0. The number of nitrogens with zero attached hydrogens (tertiary/aromatic N) is 4. The first-order chi connectivity index (χ1) is 13.7.